The molecule has 1 heterocycles. The van der Waals surface area contributed by atoms with E-state index in [4.69, 9.17) is 0 Å². The molecule has 3 aromatic carbocycles. The molecular weight excluding hydrogens is 477 g/mol. The van der Waals surface area contributed by atoms with Crippen molar-refractivity contribution in [3.05, 3.63) is 106 Å². The van der Waals surface area contributed by atoms with Crippen molar-refractivity contribution in [1.82, 2.24) is 0 Å². The van der Waals surface area contributed by atoms with E-state index in [1.54, 1.807) is 15.9 Å². The minimum Gasteiger partial charge on any atom is -0.358 e. The number of benzene rings is 3. The van der Waals surface area contributed by atoms with E-state index in [9.17, 15) is 0 Å². The molecule has 0 spiro atoms. The molecule has 0 saturated carbocycles. The van der Waals surface area contributed by atoms with Crippen molar-refractivity contribution >= 4 is 31.8 Å². The van der Waals surface area contributed by atoms with E-state index in [2.05, 4.69) is 91.0 Å². The fourth-order valence-electron chi connectivity index (χ4n) is 4.32. The van der Waals surface area contributed by atoms with E-state index in [1.165, 1.54) is 31.6 Å². The topological polar surface area (TPSA) is 0 Å². The van der Waals surface area contributed by atoms with Gasteiger partial charge in [-0.25, -0.2) is 0 Å². The summed E-state index contributed by atoms with van der Waals surface area (Å²) in [6.45, 7) is 0. The molecule has 0 bridgehead atoms. The SMILES string of the molecule is [CH3-].[CH3-].[Rh+2].c1ccc([PH+](CC[C@H]2CCC[PH+]2c2ccccc2)c2ccccc2)cc1. The summed E-state index contributed by atoms with van der Waals surface area (Å²) in [5, 5.41) is 4.79. The summed E-state index contributed by atoms with van der Waals surface area (Å²) >= 11 is 0. The first-order valence-corrected chi connectivity index (χ1v) is 13.3. The van der Waals surface area contributed by atoms with Crippen LogP contribution in [0.4, 0.5) is 0 Å². The van der Waals surface area contributed by atoms with Gasteiger partial charge >= 0.3 is 19.5 Å². The largest absolute Gasteiger partial charge is 2.00 e. The Bertz CT molecular complexity index is 753. The van der Waals surface area contributed by atoms with Gasteiger partial charge in [-0.15, -0.1) is 0 Å². The molecule has 2 atom stereocenters. The molecule has 1 aliphatic rings. The van der Waals surface area contributed by atoms with Crippen molar-refractivity contribution in [3.8, 4) is 0 Å². The van der Waals surface area contributed by atoms with E-state index in [0.717, 1.165) is 5.66 Å². The van der Waals surface area contributed by atoms with Crippen molar-refractivity contribution in [3.63, 3.8) is 0 Å². The fourth-order valence-corrected chi connectivity index (χ4v) is 10.8. The predicted molar refractivity (Wildman–Crippen MR) is 135 cm³/mol. The van der Waals surface area contributed by atoms with E-state index in [0.29, 0.717) is 0 Å². The van der Waals surface area contributed by atoms with Gasteiger partial charge in [0.15, 0.2) is 0 Å². The van der Waals surface area contributed by atoms with E-state index >= 15 is 0 Å². The molecular formula is C26H34P2Rh+2. The Balaban J connectivity index is 0.00000140. The standard InChI is InChI=1S/C24H26P2.2CH3.Rh/c1-4-11-21(12-5-1)25-19-10-17-24(25)18-20-26(22-13-6-2-7-14-22)23-15-8-3-9-16-23;;;/h1-9,11-16,24H,10,17-20H2;2*1H3;/q;2*-1;+2/p+2/t24-,25?;;;/m1.../s1. The first-order valence-electron chi connectivity index (χ1n) is 9.79. The Morgan fingerprint density at radius 2 is 1.21 bits per heavy atom. The summed E-state index contributed by atoms with van der Waals surface area (Å²) in [6.07, 6.45) is 7.12. The fraction of sp³-hybridized carbons (Fsp3) is 0.231. The molecule has 3 heteroatoms. The summed E-state index contributed by atoms with van der Waals surface area (Å²) in [7, 11) is -1.05. The Morgan fingerprint density at radius 3 is 1.72 bits per heavy atom. The molecule has 1 aliphatic heterocycles. The monoisotopic (exact) mass is 511 g/mol. The predicted octanol–water partition coefficient (Wildman–Crippen LogP) is 5.84. The quantitative estimate of drug-likeness (QED) is 0.222. The van der Waals surface area contributed by atoms with Crippen molar-refractivity contribution in [2.75, 3.05) is 12.3 Å². The zero-order chi connectivity index (χ0) is 17.6. The normalized spacial score (nSPS) is 17.7. The second-order valence-corrected chi connectivity index (χ2v) is 12.8. The van der Waals surface area contributed by atoms with Gasteiger partial charge in [0.1, 0.15) is 0 Å². The van der Waals surface area contributed by atoms with Crippen LogP contribution < -0.4 is 15.9 Å². The van der Waals surface area contributed by atoms with Crippen molar-refractivity contribution in [2.24, 2.45) is 0 Å². The minimum absolute atomic E-state index is 0. The van der Waals surface area contributed by atoms with Crippen LogP contribution in [0.15, 0.2) is 91.0 Å². The third kappa shape index (κ3) is 6.82. The van der Waals surface area contributed by atoms with Crippen LogP contribution in [-0.2, 0) is 19.5 Å². The van der Waals surface area contributed by atoms with Crippen molar-refractivity contribution < 1.29 is 19.5 Å². The number of hydrogen-bond acceptors (Lipinski definition) is 0. The van der Waals surface area contributed by atoms with Gasteiger partial charge in [-0.05, 0) is 49.2 Å². The summed E-state index contributed by atoms with van der Waals surface area (Å²) in [4.78, 5) is 0. The average molecular weight is 511 g/mol. The molecule has 0 aliphatic carbocycles. The first-order chi connectivity index (χ1) is 12.9. The van der Waals surface area contributed by atoms with Gasteiger partial charge in [0.25, 0.3) is 0 Å². The van der Waals surface area contributed by atoms with Crippen LogP contribution in [0.1, 0.15) is 19.3 Å². The van der Waals surface area contributed by atoms with Gasteiger partial charge in [-0.3, -0.25) is 0 Å². The number of hydrogen-bond donors (Lipinski definition) is 0. The van der Waals surface area contributed by atoms with Crippen LogP contribution in [0.5, 0.6) is 0 Å². The third-order valence-electron chi connectivity index (χ3n) is 5.62. The molecule has 1 fully saturated rings. The van der Waals surface area contributed by atoms with Gasteiger partial charge in [0.05, 0.1) is 41.8 Å². The van der Waals surface area contributed by atoms with E-state index < -0.39 is 7.92 Å². The van der Waals surface area contributed by atoms with Crippen LogP contribution >= 0.6 is 15.8 Å². The van der Waals surface area contributed by atoms with Gasteiger partial charge in [-0.1, -0.05) is 54.6 Å². The first kappa shape index (κ1) is 26.2. The molecule has 29 heavy (non-hydrogen) atoms. The second-order valence-electron chi connectivity index (χ2n) is 7.23. The second kappa shape index (κ2) is 13.4. The third-order valence-corrected chi connectivity index (χ3v) is 12.0. The molecule has 0 N–H and O–H groups in total. The Labute approximate surface area is 193 Å². The summed E-state index contributed by atoms with van der Waals surface area (Å²) in [5.74, 6) is 0. The van der Waals surface area contributed by atoms with Crippen LogP contribution in [0, 0.1) is 14.9 Å². The maximum absolute atomic E-state index is 2.38. The molecule has 0 nitrogen and oxygen atoms in total. The van der Waals surface area contributed by atoms with Crippen LogP contribution in [0.25, 0.3) is 0 Å². The Morgan fingerprint density at radius 1 is 0.724 bits per heavy atom. The minimum atomic E-state index is -0.675. The molecule has 155 valence electrons. The average Bonchev–Trinajstić information content (AvgIpc) is 3.19. The van der Waals surface area contributed by atoms with Gasteiger partial charge in [0.2, 0.25) is 0 Å². The maximum atomic E-state index is 2.38. The molecule has 1 unspecified atom stereocenters. The smallest absolute Gasteiger partial charge is 0.358 e. The van der Waals surface area contributed by atoms with Crippen molar-refractivity contribution in [1.29, 1.82) is 0 Å². The number of rotatable bonds is 6. The van der Waals surface area contributed by atoms with Crippen LogP contribution in [0.3, 0.4) is 0 Å². The molecule has 1 radical (unpaired) electrons. The maximum Gasteiger partial charge on any atom is 2.00 e. The molecule has 3 aromatic rings. The Kier molecular flexibility index (Phi) is 12.1. The molecule has 0 amide bonds. The molecule has 1 saturated heterocycles. The van der Waals surface area contributed by atoms with Crippen LogP contribution in [-0.4, -0.2) is 18.0 Å². The van der Waals surface area contributed by atoms with E-state index in [1.807, 2.05) is 0 Å². The zero-order valence-electron chi connectivity index (χ0n) is 17.6. The van der Waals surface area contributed by atoms with Crippen molar-refractivity contribution in [2.45, 2.75) is 24.9 Å². The Hall–Kier alpha value is -0.857. The summed E-state index contributed by atoms with van der Waals surface area (Å²) < 4.78 is 0. The van der Waals surface area contributed by atoms with Gasteiger partial charge < -0.3 is 14.9 Å². The zero-order valence-corrected chi connectivity index (χ0v) is 21.2. The van der Waals surface area contributed by atoms with E-state index in [-0.39, 0.29) is 42.3 Å². The van der Waals surface area contributed by atoms with Gasteiger partial charge in [-0.2, -0.15) is 0 Å². The molecule has 0 aromatic heterocycles. The van der Waals surface area contributed by atoms with Gasteiger partial charge in [0, 0.05) is 14.3 Å². The summed E-state index contributed by atoms with van der Waals surface area (Å²) in [6, 6.07) is 33.9. The molecule has 4 rings (SSSR count). The summed E-state index contributed by atoms with van der Waals surface area (Å²) in [5.41, 5.74) is 0.954. The van der Waals surface area contributed by atoms with Crippen LogP contribution in [0.2, 0.25) is 0 Å².